The van der Waals surface area contributed by atoms with E-state index in [0.717, 1.165) is 5.56 Å². The molecule has 0 heterocycles. The summed E-state index contributed by atoms with van der Waals surface area (Å²) in [5.74, 6) is 0.509. The number of rotatable bonds is 8. The predicted molar refractivity (Wildman–Crippen MR) is 88.2 cm³/mol. The second-order valence-electron chi connectivity index (χ2n) is 5.19. The number of hydrogen-bond donors (Lipinski definition) is 1. The van der Waals surface area contributed by atoms with E-state index < -0.39 is 16.2 Å². The van der Waals surface area contributed by atoms with Crippen molar-refractivity contribution in [3.63, 3.8) is 0 Å². The van der Waals surface area contributed by atoms with Crippen LogP contribution in [0.2, 0.25) is 0 Å². The Morgan fingerprint density at radius 2 is 1.83 bits per heavy atom. The van der Waals surface area contributed by atoms with Crippen molar-refractivity contribution in [2.24, 2.45) is 0 Å². The first kappa shape index (κ1) is 18.4. The fraction of sp³-hybridized carbons (Fsp3) is 0.294. The van der Waals surface area contributed by atoms with Crippen LogP contribution < -0.4 is 4.74 Å². The van der Waals surface area contributed by atoms with Crippen LogP contribution in [0.25, 0.3) is 0 Å². The number of aliphatic hydroxyl groups excluding tert-OH is 1. The fourth-order valence-electron chi connectivity index (χ4n) is 1.96. The third-order valence-electron chi connectivity index (χ3n) is 3.28. The second-order valence-corrected chi connectivity index (χ2v) is 6.81. The van der Waals surface area contributed by atoms with Crippen LogP contribution >= 0.6 is 0 Å². The molecule has 0 saturated heterocycles. The minimum Gasteiger partial charge on any atom is -0.468 e. The van der Waals surface area contributed by atoms with Gasteiger partial charge in [-0.2, -0.15) is 8.42 Å². The van der Waals surface area contributed by atoms with Crippen molar-refractivity contribution in [1.82, 2.24) is 0 Å². The molecule has 2 aromatic rings. The molecule has 0 aromatic heterocycles. The zero-order valence-electron chi connectivity index (χ0n) is 13.5. The van der Waals surface area contributed by atoms with Crippen molar-refractivity contribution in [2.75, 3.05) is 20.5 Å². The average molecular weight is 352 g/mol. The van der Waals surface area contributed by atoms with Gasteiger partial charge in [0.15, 0.2) is 6.79 Å². The number of benzene rings is 2. The lowest BCUT2D eigenvalue weighted by Crippen LogP contribution is -2.13. The van der Waals surface area contributed by atoms with Crippen molar-refractivity contribution in [1.29, 1.82) is 0 Å². The number of methoxy groups -OCH3 is 1. The predicted octanol–water partition coefficient (Wildman–Crippen LogP) is 2.42. The van der Waals surface area contributed by atoms with Gasteiger partial charge in [0, 0.05) is 7.11 Å². The number of hydrogen-bond acceptors (Lipinski definition) is 6. The average Bonchev–Trinajstić information content (AvgIpc) is 2.58. The van der Waals surface area contributed by atoms with Gasteiger partial charge in [-0.05, 0) is 36.8 Å². The van der Waals surface area contributed by atoms with Crippen molar-refractivity contribution in [2.45, 2.75) is 17.9 Å². The van der Waals surface area contributed by atoms with E-state index in [4.69, 9.17) is 13.7 Å². The highest BCUT2D eigenvalue weighted by atomic mass is 32.2. The van der Waals surface area contributed by atoms with E-state index in [9.17, 15) is 13.5 Å². The summed E-state index contributed by atoms with van der Waals surface area (Å²) in [5.41, 5.74) is 1.43. The SMILES string of the molecule is COCOc1cccc([C@@H](O)COS(=O)(=O)c2ccc(C)cc2)c1. The smallest absolute Gasteiger partial charge is 0.297 e. The lowest BCUT2D eigenvalue weighted by Gasteiger charge is -2.13. The molecule has 0 aliphatic rings. The van der Waals surface area contributed by atoms with Gasteiger partial charge < -0.3 is 14.6 Å². The summed E-state index contributed by atoms with van der Waals surface area (Å²) in [6.45, 7) is 1.56. The lowest BCUT2D eigenvalue weighted by atomic mass is 10.1. The van der Waals surface area contributed by atoms with E-state index in [0.29, 0.717) is 11.3 Å². The van der Waals surface area contributed by atoms with Crippen LogP contribution in [0.3, 0.4) is 0 Å². The number of aryl methyl sites for hydroxylation is 1. The molecule has 24 heavy (non-hydrogen) atoms. The highest BCUT2D eigenvalue weighted by Gasteiger charge is 2.18. The quantitative estimate of drug-likeness (QED) is 0.580. The van der Waals surface area contributed by atoms with E-state index in [1.807, 2.05) is 6.92 Å². The molecular formula is C17H20O6S. The molecule has 0 aliphatic carbocycles. The van der Waals surface area contributed by atoms with E-state index in [-0.39, 0.29) is 18.3 Å². The van der Waals surface area contributed by atoms with E-state index in [2.05, 4.69) is 0 Å². The number of ether oxygens (including phenoxy) is 2. The zero-order chi connectivity index (χ0) is 17.6. The Kier molecular flexibility index (Phi) is 6.33. The topological polar surface area (TPSA) is 82.1 Å². The van der Waals surface area contributed by atoms with Crippen LogP contribution in [0.4, 0.5) is 0 Å². The molecule has 7 heteroatoms. The van der Waals surface area contributed by atoms with Crippen LogP contribution in [0, 0.1) is 6.92 Å². The summed E-state index contributed by atoms with van der Waals surface area (Å²) in [4.78, 5) is 0.0532. The monoisotopic (exact) mass is 352 g/mol. The van der Waals surface area contributed by atoms with Crippen LogP contribution in [-0.2, 0) is 19.0 Å². The third-order valence-corrected chi connectivity index (χ3v) is 4.57. The second kappa shape index (κ2) is 8.25. The highest BCUT2D eigenvalue weighted by molar-refractivity contribution is 7.86. The molecule has 2 rings (SSSR count). The molecule has 1 N–H and O–H groups in total. The Balaban J connectivity index is 2.01. The summed E-state index contributed by atoms with van der Waals surface area (Å²) in [6, 6.07) is 13.0. The summed E-state index contributed by atoms with van der Waals surface area (Å²) < 4.78 is 39.3. The first-order chi connectivity index (χ1) is 11.4. The van der Waals surface area contributed by atoms with Crippen molar-refractivity contribution in [3.8, 4) is 5.75 Å². The van der Waals surface area contributed by atoms with E-state index >= 15 is 0 Å². The van der Waals surface area contributed by atoms with Gasteiger partial charge in [-0.1, -0.05) is 29.8 Å². The molecule has 0 unspecified atom stereocenters. The van der Waals surface area contributed by atoms with Gasteiger partial charge in [-0.15, -0.1) is 0 Å². The highest BCUT2D eigenvalue weighted by Crippen LogP contribution is 2.21. The summed E-state index contributed by atoms with van der Waals surface area (Å²) in [7, 11) is -2.41. The van der Waals surface area contributed by atoms with Gasteiger partial charge in [-0.25, -0.2) is 0 Å². The van der Waals surface area contributed by atoms with Crippen LogP contribution in [0.5, 0.6) is 5.75 Å². The van der Waals surface area contributed by atoms with E-state index in [1.165, 1.54) is 19.2 Å². The minimum atomic E-state index is -3.92. The van der Waals surface area contributed by atoms with E-state index in [1.54, 1.807) is 36.4 Å². The Bertz CT molecular complexity index is 755. The maximum absolute atomic E-state index is 12.1. The van der Waals surface area contributed by atoms with Crippen molar-refractivity contribution < 1.29 is 27.2 Å². The first-order valence-corrected chi connectivity index (χ1v) is 8.69. The first-order valence-electron chi connectivity index (χ1n) is 7.28. The summed E-state index contributed by atoms with van der Waals surface area (Å²) in [5, 5.41) is 10.1. The normalized spacial score (nSPS) is 12.8. The summed E-state index contributed by atoms with van der Waals surface area (Å²) in [6.07, 6.45) is -1.10. The van der Waals surface area contributed by atoms with Gasteiger partial charge in [0.1, 0.15) is 11.9 Å². The molecule has 0 saturated carbocycles. The Morgan fingerprint density at radius 3 is 2.50 bits per heavy atom. The molecule has 0 aliphatic heterocycles. The maximum Gasteiger partial charge on any atom is 0.297 e. The molecule has 2 aromatic carbocycles. The molecule has 6 nitrogen and oxygen atoms in total. The molecule has 0 radical (unpaired) electrons. The van der Waals surface area contributed by atoms with Gasteiger partial charge in [0.2, 0.25) is 0 Å². The van der Waals surface area contributed by atoms with Gasteiger partial charge in [0.25, 0.3) is 10.1 Å². The Morgan fingerprint density at radius 1 is 1.12 bits per heavy atom. The summed E-state index contributed by atoms with van der Waals surface area (Å²) >= 11 is 0. The molecule has 0 fully saturated rings. The fourth-order valence-corrected chi connectivity index (χ4v) is 2.88. The number of aliphatic hydroxyl groups is 1. The van der Waals surface area contributed by atoms with Gasteiger partial charge in [0.05, 0.1) is 11.5 Å². The van der Waals surface area contributed by atoms with Gasteiger partial charge >= 0.3 is 0 Å². The molecular weight excluding hydrogens is 332 g/mol. The van der Waals surface area contributed by atoms with Crippen molar-refractivity contribution >= 4 is 10.1 Å². The standard InChI is InChI=1S/C17H20O6S/c1-13-6-8-16(9-7-13)24(19,20)23-11-17(18)14-4-3-5-15(10-14)22-12-21-2/h3-10,17-18H,11-12H2,1-2H3/t17-/m0/s1. The molecule has 1 atom stereocenters. The van der Waals surface area contributed by atoms with Crippen LogP contribution in [-0.4, -0.2) is 34.0 Å². The Hall–Kier alpha value is -1.93. The molecule has 130 valence electrons. The van der Waals surface area contributed by atoms with Crippen LogP contribution in [0.15, 0.2) is 53.4 Å². The van der Waals surface area contributed by atoms with Crippen molar-refractivity contribution in [3.05, 3.63) is 59.7 Å². The largest absolute Gasteiger partial charge is 0.468 e. The molecule has 0 bridgehead atoms. The molecule has 0 spiro atoms. The Labute approximate surface area is 141 Å². The third kappa shape index (κ3) is 5.04. The minimum absolute atomic E-state index is 0.0532. The zero-order valence-corrected chi connectivity index (χ0v) is 14.3. The van der Waals surface area contributed by atoms with Gasteiger partial charge in [-0.3, -0.25) is 4.18 Å². The lowest BCUT2D eigenvalue weighted by molar-refractivity contribution is 0.0506. The van der Waals surface area contributed by atoms with Crippen LogP contribution in [0.1, 0.15) is 17.2 Å². The maximum atomic E-state index is 12.1. The molecule has 0 amide bonds.